The van der Waals surface area contributed by atoms with Crippen molar-refractivity contribution in [3.63, 3.8) is 0 Å². The summed E-state index contributed by atoms with van der Waals surface area (Å²) in [7, 11) is 0. The van der Waals surface area contributed by atoms with Crippen molar-refractivity contribution >= 4 is 33.6 Å². The van der Waals surface area contributed by atoms with E-state index >= 15 is 0 Å². The molecule has 4 rings (SSSR count). The normalized spacial score (nSPS) is 10.9. The van der Waals surface area contributed by atoms with Crippen molar-refractivity contribution in [3.8, 4) is 11.5 Å². The van der Waals surface area contributed by atoms with E-state index in [-0.39, 0.29) is 19.6 Å². The number of ether oxygens (including phenoxy) is 3. The van der Waals surface area contributed by atoms with Crippen LogP contribution in [0.2, 0.25) is 0 Å². The first-order chi connectivity index (χ1) is 15.1. The molecule has 0 aliphatic rings. The molecule has 6 heteroatoms. The van der Waals surface area contributed by atoms with Crippen molar-refractivity contribution < 1.29 is 23.8 Å². The Kier molecular flexibility index (Phi) is 5.89. The van der Waals surface area contributed by atoms with Gasteiger partial charge in [-0.1, -0.05) is 42.5 Å². The molecular weight excluding hydrogens is 394 g/mol. The second-order valence-corrected chi connectivity index (χ2v) is 6.94. The minimum atomic E-state index is -0.512. The van der Waals surface area contributed by atoms with Gasteiger partial charge in [-0.3, -0.25) is 4.79 Å². The lowest BCUT2D eigenvalue weighted by Gasteiger charge is -2.11. The second-order valence-electron chi connectivity index (χ2n) is 6.94. The third-order valence-electron chi connectivity index (χ3n) is 4.94. The SMILES string of the molecule is CCOC(=O)Cc1[nH]c2cccc(Oc3cccc4ccccc34)c2c1C(=O)OCC. The molecule has 0 bridgehead atoms. The molecule has 0 amide bonds. The van der Waals surface area contributed by atoms with Crippen molar-refractivity contribution in [2.45, 2.75) is 20.3 Å². The maximum atomic E-state index is 12.8. The van der Waals surface area contributed by atoms with Gasteiger partial charge in [-0.2, -0.15) is 0 Å². The van der Waals surface area contributed by atoms with Gasteiger partial charge in [-0.05, 0) is 37.4 Å². The smallest absolute Gasteiger partial charge is 0.340 e. The van der Waals surface area contributed by atoms with Crippen molar-refractivity contribution in [3.05, 3.63) is 71.9 Å². The van der Waals surface area contributed by atoms with Crippen LogP contribution in [-0.4, -0.2) is 30.1 Å². The number of hydrogen-bond acceptors (Lipinski definition) is 5. The summed E-state index contributed by atoms with van der Waals surface area (Å²) in [5.41, 5.74) is 1.42. The topological polar surface area (TPSA) is 77.6 Å². The summed E-state index contributed by atoms with van der Waals surface area (Å²) >= 11 is 0. The molecule has 1 aromatic heterocycles. The Bertz CT molecular complexity index is 1250. The van der Waals surface area contributed by atoms with E-state index in [1.807, 2.05) is 54.6 Å². The first-order valence-electron chi connectivity index (χ1n) is 10.2. The second kappa shape index (κ2) is 8.92. The van der Waals surface area contributed by atoms with Gasteiger partial charge in [0, 0.05) is 11.1 Å². The van der Waals surface area contributed by atoms with Crippen LogP contribution in [0.3, 0.4) is 0 Å². The average molecular weight is 417 g/mol. The molecule has 0 fully saturated rings. The van der Waals surface area contributed by atoms with Gasteiger partial charge in [-0.25, -0.2) is 4.79 Å². The Morgan fingerprint density at radius 2 is 1.55 bits per heavy atom. The van der Waals surface area contributed by atoms with Crippen molar-refractivity contribution in [2.24, 2.45) is 0 Å². The molecule has 3 aromatic carbocycles. The van der Waals surface area contributed by atoms with E-state index in [2.05, 4.69) is 4.98 Å². The quantitative estimate of drug-likeness (QED) is 0.408. The fourth-order valence-corrected chi connectivity index (χ4v) is 3.67. The largest absolute Gasteiger partial charge is 0.466 e. The Balaban J connectivity index is 1.85. The highest BCUT2D eigenvalue weighted by Crippen LogP contribution is 2.37. The molecule has 0 saturated carbocycles. The highest BCUT2D eigenvalue weighted by atomic mass is 16.5. The van der Waals surface area contributed by atoms with Gasteiger partial charge >= 0.3 is 11.9 Å². The van der Waals surface area contributed by atoms with Gasteiger partial charge in [0.2, 0.25) is 0 Å². The molecular formula is C25H23NO5. The van der Waals surface area contributed by atoms with Gasteiger partial charge in [0.25, 0.3) is 0 Å². The van der Waals surface area contributed by atoms with Crippen LogP contribution >= 0.6 is 0 Å². The summed E-state index contributed by atoms with van der Waals surface area (Å²) in [6.07, 6.45) is -0.0651. The molecule has 0 aliphatic carbocycles. The van der Waals surface area contributed by atoms with Crippen molar-refractivity contribution in [1.82, 2.24) is 4.98 Å². The average Bonchev–Trinajstić information content (AvgIpc) is 3.13. The highest BCUT2D eigenvalue weighted by molar-refractivity contribution is 6.09. The van der Waals surface area contributed by atoms with Gasteiger partial charge < -0.3 is 19.2 Å². The molecule has 0 radical (unpaired) electrons. The fraction of sp³-hybridized carbons (Fsp3) is 0.200. The Morgan fingerprint density at radius 3 is 2.35 bits per heavy atom. The van der Waals surface area contributed by atoms with Gasteiger partial charge in [-0.15, -0.1) is 0 Å². The lowest BCUT2D eigenvalue weighted by Crippen LogP contribution is -2.13. The third kappa shape index (κ3) is 4.10. The number of carbonyl (C=O) groups excluding carboxylic acids is 2. The third-order valence-corrected chi connectivity index (χ3v) is 4.94. The van der Waals surface area contributed by atoms with Gasteiger partial charge in [0.1, 0.15) is 11.5 Å². The zero-order valence-corrected chi connectivity index (χ0v) is 17.4. The summed E-state index contributed by atoms with van der Waals surface area (Å²) in [4.78, 5) is 28.1. The fourth-order valence-electron chi connectivity index (χ4n) is 3.67. The Labute approximate surface area is 179 Å². The molecule has 6 nitrogen and oxygen atoms in total. The van der Waals surface area contributed by atoms with Crippen molar-refractivity contribution in [2.75, 3.05) is 13.2 Å². The van der Waals surface area contributed by atoms with Crippen LogP contribution in [0.25, 0.3) is 21.7 Å². The number of carbonyl (C=O) groups is 2. The van der Waals surface area contributed by atoms with E-state index in [0.29, 0.717) is 33.7 Å². The predicted molar refractivity (Wildman–Crippen MR) is 119 cm³/mol. The minimum absolute atomic E-state index is 0.0651. The van der Waals surface area contributed by atoms with E-state index in [4.69, 9.17) is 14.2 Å². The summed E-state index contributed by atoms with van der Waals surface area (Å²) in [6, 6.07) is 19.2. The monoisotopic (exact) mass is 417 g/mol. The van der Waals surface area contributed by atoms with Crippen LogP contribution in [0.15, 0.2) is 60.7 Å². The van der Waals surface area contributed by atoms with Crippen LogP contribution in [0.1, 0.15) is 29.9 Å². The molecule has 31 heavy (non-hydrogen) atoms. The van der Waals surface area contributed by atoms with E-state index in [1.165, 1.54) is 0 Å². The summed E-state index contributed by atoms with van der Waals surface area (Å²) in [5.74, 6) is 0.245. The Hall–Kier alpha value is -3.80. The number of H-pyrrole nitrogens is 1. The molecule has 1 heterocycles. The molecule has 0 unspecified atom stereocenters. The number of hydrogen-bond donors (Lipinski definition) is 1. The molecule has 0 atom stereocenters. The minimum Gasteiger partial charge on any atom is -0.466 e. The van der Waals surface area contributed by atoms with Crippen LogP contribution in [0, 0.1) is 0 Å². The predicted octanol–water partition coefficient (Wildman–Crippen LogP) is 5.40. The molecule has 0 spiro atoms. The maximum absolute atomic E-state index is 12.8. The molecule has 0 aliphatic heterocycles. The number of esters is 2. The molecule has 158 valence electrons. The van der Waals surface area contributed by atoms with Gasteiger partial charge in [0.15, 0.2) is 0 Å². The lowest BCUT2D eigenvalue weighted by molar-refractivity contribution is -0.142. The summed E-state index contributed by atoms with van der Waals surface area (Å²) in [6.45, 7) is 3.97. The van der Waals surface area contributed by atoms with Gasteiger partial charge in [0.05, 0.1) is 36.1 Å². The molecule has 1 N–H and O–H groups in total. The zero-order valence-electron chi connectivity index (χ0n) is 17.4. The van der Waals surface area contributed by atoms with E-state index < -0.39 is 11.9 Å². The standard InChI is InChI=1S/C25H23NO5/c1-3-29-22(27)15-19-24(25(28)30-4-2)23-18(26-19)12-8-14-21(23)31-20-13-7-10-16-9-5-6-11-17(16)20/h5-14,26H,3-4,15H2,1-2H3. The number of aromatic nitrogens is 1. The van der Waals surface area contributed by atoms with E-state index in [0.717, 1.165) is 10.8 Å². The van der Waals surface area contributed by atoms with Crippen LogP contribution in [0.5, 0.6) is 11.5 Å². The molecule has 0 saturated heterocycles. The van der Waals surface area contributed by atoms with Crippen molar-refractivity contribution in [1.29, 1.82) is 0 Å². The first-order valence-corrected chi connectivity index (χ1v) is 10.2. The van der Waals surface area contributed by atoms with E-state index in [9.17, 15) is 9.59 Å². The number of benzene rings is 3. The summed E-state index contributed by atoms with van der Waals surface area (Å²) in [5, 5.41) is 2.59. The van der Waals surface area contributed by atoms with E-state index in [1.54, 1.807) is 19.9 Å². The highest BCUT2D eigenvalue weighted by Gasteiger charge is 2.25. The summed E-state index contributed by atoms with van der Waals surface area (Å²) < 4.78 is 16.6. The van der Waals surface area contributed by atoms with Crippen LogP contribution in [-0.2, 0) is 20.7 Å². The number of rotatable bonds is 7. The number of nitrogens with one attached hydrogen (secondary N) is 1. The number of aromatic amines is 1. The number of fused-ring (bicyclic) bond motifs is 2. The zero-order chi connectivity index (χ0) is 21.8. The maximum Gasteiger partial charge on any atom is 0.340 e. The van der Waals surface area contributed by atoms with Crippen LogP contribution in [0.4, 0.5) is 0 Å². The lowest BCUT2D eigenvalue weighted by atomic mass is 10.1. The Morgan fingerprint density at radius 1 is 0.839 bits per heavy atom. The van der Waals surface area contributed by atoms with Crippen LogP contribution < -0.4 is 4.74 Å². The first kappa shape index (κ1) is 20.5. The molecule has 4 aromatic rings.